The number of methoxy groups -OCH3 is 1. The quantitative estimate of drug-likeness (QED) is 0.623. The van der Waals surface area contributed by atoms with Crippen LogP contribution in [0.2, 0.25) is 0 Å². The molecule has 150 valence electrons. The van der Waals surface area contributed by atoms with Crippen molar-refractivity contribution in [1.29, 1.82) is 0 Å². The molecule has 1 amide bonds. The van der Waals surface area contributed by atoms with E-state index in [1.165, 1.54) is 7.11 Å². The van der Waals surface area contributed by atoms with Crippen LogP contribution in [0.15, 0.2) is 54.6 Å². The van der Waals surface area contributed by atoms with Gasteiger partial charge >= 0.3 is 5.97 Å². The fourth-order valence-electron chi connectivity index (χ4n) is 3.02. The molecule has 1 aromatic heterocycles. The van der Waals surface area contributed by atoms with Crippen LogP contribution in [0.4, 0.5) is 5.69 Å². The van der Waals surface area contributed by atoms with Crippen LogP contribution >= 0.6 is 0 Å². The first-order valence-electron chi connectivity index (χ1n) is 9.18. The zero-order valence-corrected chi connectivity index (χ0v) is 16.6. The van der Waals surface area contributed by atoms with Crippen LogP contribution in [0.5, 0.6) is 5.75 Å². The third-order valence-corrected chi connectivity index (χ3v) is 4.45. The van der Waals surface area contributed by atoms with Gasteiger partial charge in [0, 0.05) is 5.56 Å². The molecule has 7 nitrogen and oxygen atoms in total. The standard InChI is InChI=1S/C22H23N3O4/c1-15-22(16(2)25(24-15)18-10-5-4-6-11-18)23-20(26)14-29-21(27)13-17-9-7-8-12-19(17)28-3/h4-12H,13-14H2,1-3H3,(H,23,26). The predicted octanol–water partition coefficient (Wildman–Crippen LogP) is 3.22. The van der Waals surface area contributed by atoms with Crippen LogP contribution in [0, 0.1) is 13.8 Å². The molecule has 0 fully saturated rings. The first kappa shape index (κ1) is 20.1. The zero-order chi connectivity index (χ0) is 20.8. The Balaban J connectivity index is 1.60. The van der Waals surface area contributed by atoms with Crippen molar-refractivity contribution >= 4 is 17.6 Å². The van der Waals surface area contributed by atoms with Crippen molar-refractivity contribution in [3.8, 4) is 11.4 Å². The third-order valence-electron chi connectivity index (χ3n) is 4.45. The van der Waals surface area contributed by atoms with Crippen molar-refractivity contribution < 1.29 is 19.1 Å². The summed E-state index contributed by atoms with van der Waals surface area (Å²) < 4.78 is 12.1. The van der Waals surface area contributed by atoms with Gasteiger partial charge in [0.25, 0.3) is 5.91 Å². The first-order valence-corrected chi connectivity index (χ1v) is 9.18. The summed E-state index contributed by atoms with van der Waals surface area (Å²) in [6.07, 6.45) is 0.0291. The minimum absolute atomic E-state index is 0.0291. The van der Waals surface area contributed by atoms with Crippen LogP contribution in [-0.2, 0) is 20.7 Å². The average Bonchev–Trinajstić information content (AvgIpc) is 3.01. The van der Waals surface area contributed by atoms with Gasteiger partial charge in [-0.2, -0.15) is 5.10 Å². The number of carbonyl (C=O) groups excluding carboxylic acids is 2. The van der Waals surface area contributed by atoms with Crippen molar-refractivity contribution in [2.24, 2.45) is 0 Å². The Morgan fingerprint density at radius 2 is 1.72 bits per heavy atom. The summed E-state index contributed by atoms with van der Waals surface area (Å²) in [7, 11) is 1.54. The number of anilines is 1. The summed E-state index contributed by atoms with van der Waals surface area (Å²) in [5.41, 5.74) is 3.69. The summed E-state index contributed by atoms with van der Waals surface area (Å²) in [5, 5.41) is 7.27. The molecule has 0 bridgehead atoms. The molecule has 0 atom stereocenters. The van der Waals surface area contributed by atoms with Gasteiger partial charge in [0.1, 0.15) is 5.75 Å². The van der Waals surface area contributed by atoms with E-state index in [1.807, 2.05) is 56.3 Å². The molecule has 0 aliphatic heterocycles. The number of nitrogens with one attached hydrogen (secondary N) is 1. The maximum absolute atomic E-state index is 12.3. The monoisotopic (exact) mass is 393 g/mol. The predicted molar refractivity (Wildman–Crippen MR) is 109 cm³/mol. The third kappa shape index (κ3) is 4.82. The second kappa shape index (κ2) is 9.05. The minimum atomic E-state index is -0.502. The van der Waals surface area contributed by atoms with Crippen molar-refractivity contribution in [2.45, 2.75) is 20.3 Å². The van der Waals surface area contributed by atoms with E-state index in [1.54, 1.807) is 16.8 Å². The second-order valence-electron chi connectivity index (χ2n) is 6.49. The van der Waals surface area contributed by atoms with E-state index in [4.69, 9.17) is 9.47 Å². The number of esters is 1. The Labute approximate surface area is 169 Å². The number of rotatable bonds is 7. The number of amides is 1. The van der Waals surface area contributed by atoms with E-state index in [2.05, 4.69) is 10.4 Å². The molecule has 0 spiro atoms. The van der Waals surface area contributed by atoms with Crippen LogP contribution in [0.1, 0.15) is 17.0 Å². The molecule has 0 saturated heterocycles. The number of para-hydroxylation sites is 2. The van der Waals surface area contributed by atoms with Crippen molar-refractivity contribution in [2.75, 3.05) is 19.0 Å². The highest BCUT2D eigenvalue weighted by atomic mass is 16.5. The Kier molecular flexibility index (Phi) is 6.29. The number of hydrogen-bond acceptors (Lipinski definition) is 5. The molecule has 0 aliphatic rings. The van der Waals surface area contributed by atoms with Gasteiger partial charge in [-0.25, -0.2) is 4.68 Å². The van der Waals surface area contributed by atoms with E-state index in [0.717, 1.165) is 11.4 Å². The van der Waals surface area contributed by atoms with Gasteiger partial charge in [0.2, 0.25) is 0 Å². The topological polar surface area (TPSA) is 82.4 Å². The highest BCUT2D eigenvalue weighted by molar-refractivity contribution is 5.94. The maximum atomic E-state index is 12.3. The van der Waals surface area contributed by atoms with Gasteiger partial charge in [-0.1, -0.05) is 36.4 Å². The van der Waals surface area contributed by atoms with Crippen molar-refractivity contribution in [1.82, 2.24) is 9.78 Å². The molecular weight excluding hydrogens is 370 g/mol. The fraction of sp³-hybridized carbons (Fsp3) is 0.227. The summed E-state index contributed by atoms with van der Waals surface area (Å²) in [6, 6.07) is 16.8. The van der Waals surface area contributed by atoms with Gasteiger partial charge in [-0.3, -0.25) is 9.59 Å². The molecule has 0 radical (unpaired) electrons. The minimum Gasteiger partial charge on any atom is -0.496 e. The molecule has 0 unspecified atom stereocenters. The zero-order valence-electron chi connectivity index (χ0n) is 16.6. The van der Waals surface area contributed by atoms with Gasteiger partial charge in [0.05, 0.1) is 36.3 Å². The molecule has 3 rings (SSSR count). The summed E-state index contributed by atoms with van der Waals surface area (Å²) in [4.78, 5) is 24.4. The van der Waals surface area contributed by atoms with E-state index in [9.17, 15) is 9.59 Å². The Bertz CT molecular complexity index is 1010. The van der Waals surface area contributed by atoms with Crippen LogP contribution in [0.3, 0.4) is 0 Å². The van der Waals surface area contributed by atoms with E-state index < -0.39 is 11.9 Å². The number of carbonyl (C=O) groups is 2. The molecule has 0 aliphatic carbocycles. The molecule has 2 aromatic carbocycles. The number of nitrogens with zero attached hydrogens (tertiary/aromatic N) is 2. The number of benzene rings is 2. The highest BCUT2D eigenvalue weighted by Gasteiger charge is 2.17. The number of ether oxygens (including phenoxy) is 2. The fourth-order valence-corrected chi connectivity index (χ4v) is 3.02. The largest absolute Gasteiger partial charge is 0.496 e. The lowest BCUT2D eigenvalue weighted by atomic mass is 10.1. The number of hydrogen-bond donors (Lipinski definition) is 1. The lowest BCUT2D eigenvalue weighted by molar-refractivity contribution is -0.146. The number of aryl methyl sites for hydroxylation is 1. The number of aromatic nitrogens is 2. The van der Waals surface area contributed by atoms with Gasteiger partial charge in [-0.05, 0) is 32.0 Å². The maximum Gasteiger partial charge on any atom is 0.310 e. The van der Waals surface area contributed by atoms with E-state index >= 15 is 0 Å². The SMILES string of the molecule is COc1ccccc1CC(=O)OCC(=O)Nc1c(C)nn(-c2ccccc2)c1C. The van der Waals surface area contributed by atoms with Crippen LogP contribution in [-0.4, -0.2) is 35.4 Å². The molecule has 1 heterocycles. The summed E-state index contributed by atoms with van der Waals surface area (Å²) in [5.74, 6) is -0.316. The first-order chi connectivity index (χ1) is 14.0. The molecule has 1 N–H and O–H groups in total. The normalized spacial score (nSPS) is 10.4. The van der Waals surface area contributed by atoms with Crippen LogP contribution < -0.4 is 10.1 Å². The van der Waals surface area contributed by atoms with Gasteiger partial charge in [-0.15, -0.1) is 0 Å². The second-order valence-corrected chi connectivity index (χ2v) is 6.49. The van der Waals surface area contributed by atoms with Crippen molar-refractivity contribution in [3.63, 3.8) is 0 Å². The molecule has 29 heavy (non-hydrogen) atoms. The van der Waals surface area contributed by atoms with Crippen LogP contribution in [0.25, 0.3) is 5.69 Å². The average molecular weight is 393 g/mol. The van der Waals surface area contributed by atoms with Gasteiger partial charge < -0.3 is 14.8 Å². The van der Waals surface area contributed by atoms with Gasteiger partial charge in [0.15, 0.2) is 6.61 Å². The molecule has 0 saturated carbocycles. The lowest BCUT2D eigenvalue weighted by Crippen LogP contribution is -2.22. The Hall–Kier alpha value is -3.61. The molecule has 3 aromatic rings. The summed E-state index contributed by atoms with van der Waals surface area (Å²) in [6.45, 7) is 3.31. The Morgan fingerprint density at radius 3 is 2.45 bits per heavy atom. The lowest BCUT2D eigenvalue weighted by Gasteiger charge is -2.09. The Morgan fingerprint density at radius 1 is 1.03 bits per heavy atom. The molecular formula is C22H23N3O4. The van der Waals surface area contributed by atoms with E-state index in [-0.39, 0.29) is 13.0 Å². The summed E-state index contributed by atoms with van der Waals surface area (Å²) >= 11 is 0. The molecule has 7 heteroatoms. The smallest absolute Gasteiger partial charge is 0.310 e. The van der Waals surface area contributed by atoms with Crippen molar-refractivity contribution in [3.05, 3.63) is 71.5 Å². The van der Waals surface area contributed by atoms with E-state index in [0.29, 0.717) is 22.7 Å². The highest BCUT2D eigenvalue weighted by Crippen LogP contribution is 2.23.